The number of halogens is 2. The molecule has 0 radical (unpaired) electrons. The molecule has 1 fully saturated rings. The summed E-state index contributed by atoms with van der Waals surface area (Å²) < 4.78 is 0. The van der Waals surface area contributed by atoms with Crippen LogP contribution in [0.1, 0.15) is 19.3 Å². The SMILES string of the molecule is O=C(Nc1ccc(Cl)c(Cl)c1)N[C@H]1CCC[C@@H]1O. The van der Waals surface area contributed by atoms with E-state index >= 15 is 0 Å². The maximum atomic E-state index is 11.7. The van der Waals surface area contributed by atoms with Gasteiger partial charge in [0.05, 0.1) is 22.2 Å². The van der Waals surface area contributed by atoms with Crippen molar-refractivity contribution in [3.05, 3.63) is 28.2 Å². The van der Waals surface area contributed by atoms with Gasteiger partial charge < -0.3 is 15.7 Å². The number of amides is 2. The zero-order valence-corrected chi connectivity index (χ0v) is 11.1. The van der Waals surface area contributed by atoms with Gasteiger partial charge in [0, 0.05) is 5.69 Å². The number of hydrogen-bond donors (Lipinski definition) is 3. The van der Waals surface area contributed by atoms with Crippen LogP contribution >= 0.6 is 23.2 Å². The zero-order valence-electron chi connectivity index (χ0n) is 9.62. The van der Waals surface area contributed by atoms with Gasteiger partial charge in [0.15, 0.2) is 0 Å². The van der Waals surface area contributed by atoms with Gasteiger partial charge in [0.2, 0.25) is 0 Å². The van der Waals surface area contributed by atoms with Crippen molar-refractivity contribution in [2.45, 2.75) is 31.4 Å². The molecule has 0 heterocycles. The normalized spacial score (nSPS) is 22.8. The summed E-state index contributed by atoms with van der Waals surface area (Å²) in [7, 11) is 0. The molecule has 18 heavy (non-hydrogen) atoms. The van der Waals surface area contributed by atoms with Crippen LogP contribution in [0.25, 0.3) is 0 Å². The van der Waals surface area contributed by atoms with E-state index in [1.165, 1.54) is 0 Å². The Morgan fingerprint density at radius 1 is 1.28 bits per heavy atom. The average molecular weight is 289 g/mol. The third-order valence-electron chi connectivity index (χ3n) is 2.97. The van der Waals surface area contributed by atoms with E-state index in [1.54, 1.807) is 18.2 Å². The lowest BCUT2D eigenvalue weighted by molar-refractivity contribution is 0.151. The first-order chi connectivity index (χ1) is 8.56. The maximum absolute atomic E-state index is 11.7. The summed E-state index contributed by atoms with van der Waals surface area (Å²) >= 11 is 11.6. The molecule has 0 saturated heterocycles. The molecule has 0 spiro atoms. The molecule has 2 amide bonds. The Kier molecular flexibility index (Phi) is 4.32. The molecule has 2 atom stereocenters. The number of anilines is 1. The van der Waals surface area contributed by atoms with Gasteiger partial charge in [-0.15, -0.1) is 0 Å². The van der Waals surface area contributed by atoms with E-state index in [4.69, 9.17) is 23.2 Å². The highest BCUT2D eigenvalue weighted by Crippen LogP contribution is 2.25. The second kappa shape index (κ2) is 5.78. The van der Waals surface area contributed by atoms with Gasteiger partial charge >= 0.3 is 6.03 Å². The first kappa shape index (κ1) is 13.5. The molecular formula is C12H14Cl2N2O2. The monoisotopic (exact) mass is 288 g/mol. The van der Waals surface area contributed by atoms with E-state index in [-0.39, 0.29) is 12.1 Å². The van der Waals surface area contributed by atoms with Crippen molar-refractivity contribution in [1.82, 2.24) is 5.32 Å². The Labute approximate surface area is 115 Å². The Hall–Kier alpha value is -0.970. The van der Waals surface area contributed by atoms with Gasteiger partial charge in [0.1, 0.15) is 0 Å². The van der Waals surface area contributed by atoms with E-state index in [0.29, 0.717) is 15.7 Å². The number of carbonyl (C=O) groups is 1. The molecule has 4 nitrogen and oxygen atoms in total. The largest absolute Gasteiger partial charge is 0.391 e. The zero-order chi connectivity index (χ0) is 13.1. The van der Waals surface area contributed by atoms with Crippen molar-refractivity contribution in [1.29, 1.82) is 0 Å². The molecule has 0 unspecified atom stereocenters. The topological polar surface area (TPSA) is 61.4 Å². The van der Waals surface area contributed by atoms with Crippen LogP contribution in [0.5, 0.6) is 0 Å². The minimum Gasteiger partial charge on any atom is -0.391 e. The van der Waals surface area contributed by atoms with Crippen LogP contribution in [-0.2, 0) is 0 Å². The highest BCUT2D eigenvalue weighted by molar-refractivity contribution is 6.42. The number of carbonyl (C=O) groups excluding carboxylic acids is 1. The van der Waals surface area contributed by atoms with Crippen LogP contribution in [0.4, 0.5) is 10.5 Å². The first-order valence-corrected chi connectivity index (χ1v) is 6.52. The Morgan fingerprint density at radius 2 is 2.06 bits per heavy atom. The van der Waals surface area contributed by atoms with Gasteiger partial charge in [-0.05, 0) is 37.5 Å². The van der Waals surface area contributed by atoms with Crippen molar-refractivity contribution in [3.63, 3.8) is 0 Å². The highest BCUT2D eigenvalue weighted by Gasteiger charge is 2.26. The fourth-order valence-corrected chi connectivity index (χ4v) is 2.32. The molecule has 3 N–H and O–H groups in total. The van der Waals surface area contributed by atoms with Gasteiger partial charge in [0.25, 0.3) is 0 Å². The molecule has 1 saturated carbocycles. The predicted molar refractivity (Wildman–Crippen MR) is 72.3 cm³/mol. The molecule has 1 aliphatic carbocycles. The number of benzene rings is 1. The fraction of sp³-hybridized carbons (Fsp3) is 0.417. The molecule has 1 aromatic carbocycles. The standard InChI is InChI=1S/C12H14Cl2N2O2/c13-8-5-4-7(6-9(8)14)15-12(18)16-10-2-1-3-11(10)17/h4-6,10-11,17H,1-3H2,(H2,15,16,18)/t10-,11-/m0/s1. The van der Waals surface area contributed by atoms with E-state index in [1.807, 2.05) is 0 Å². The molecule has 1 aliphatic rings. The quantitative estimate of drug-likeness (QED) is 0.783. The molecule has 0 aromatic heterocycles. The summed E-state index contributed by atoms with van der Waals surface area (Å²) in [5.74, 6) is 0. The summed E-state index contributed by atoms with van der Waals surface area (Å²) in [6, 6.07) is 4.34. The minimum absolute atomic E-state index is 0.173. The van der Waals surface area contributed by atoms with E-state index in [0.717, 1.165) is 19.3 Å². The van der Waals surface area contributed by atoms with Crippen LogP contribution in [-0.4, -0.2) is 23.3 Å². The smallest absolute Gasteiger partial charge is 0.319 e. The summed E-state index contributed by atoms with van der Waals surface area (Å²) in [4.78, 5) is 11.7. The lowest BCUT2D eigenvalue weighted by Gasteiger charge is -2.17. The Balaban J connectivity index is 1.92. The van der Waals surface area contributed by atoms with Crippen molar-refractivity contribution in [3.8, 4) is 0 Å². The number of hydrogen-bond acceptors (Lipinski definition) is 2. The summed E-state index contributed by atoms with van der Waals surface area (Å²) in [5, 5.41) is 15.8. The molecule has 2 rings (SSSR count). The summed E-state index contributed by atoms with van der Waals surface area (Å²) in [5.41, 5.74) is 0.564. The minimum atomic E-state index is -0.454. The van der Waals surface area contributed by atoms with Crippen molar-refractivity contribution in [2.24, 2.45) is 0 Å². The van der Waals surface area contributed by atoms with Crippen LogP contribution in [0.15, 0.2) is 18.2 Å². The van der Waals surface area contributed by atoms with Gasteiger partial charge in [-0.3, -0.25) is 0 Å². The van der Waals surface area contributed by atoms with Crippen LogP contribution in [0.3, 0.4) is 0 Å². The van der Waals surface area contributed by atoms with E-state index in [2.05, 4.69) is 10.6 Å². The predicted octanol–water partition coefficient (Wildman–Crippen LogP) is 3.03. The van der Waals surface area contributed by atoms with Crippen LogP contribution in [0, 0.1) is 0 Å². The van der Waals surface area contributed by atoms with Crippen LogP contribution in [0.2, 0.25) is 10.0 Å². The summed E-state index contributed by atoms with van der Waals surface area (Å²) in [6.07, 6.45) is 2.01. The van der Waals surface area contributed by atoms with E-state index in [9.17, 15) is 9.90 Å². The lowest BCUT2D eigenvalue weighted by Crippen LogP contribution is -2.42. The Morgan fingerprint density at radius 3 is 2.67 bits per heavy atom. The number of aliphatic hydroxyl groups excluding tert-OH is 1. The van der Waals surface area contributed by atoms with Gasteiger partial charge in [-0.25, -0.2) is 4.79 Å². The number of aliphatic hydroxyl groups is 1. The molecule has 1 aromatic rings. The maximum Gasteiger partial charge on any atom is 0.319 e. The number of rotatable bonds is 2. The number of nitrogens with one attached hydrogen (secondary N) is 2. The second-order valence-corrected chi connectivity index (χ2v) is 5.15. The first-order valence-electron chi connectivity index (χ1n) is 5.77. The average Bonchev–Trinajstić information content (AvgIpc) is 2.70. The summed E-state index contributed by atoms with van der Waals surface area (Å²) in [6.45, 7) is 0. The van der Waals surface area contributed by atoms with Crippen molar-refractivity contribution >= 4 is 34.9 Å². The third-order valence-corrected chi connectivity index (χ3v) is 3.71. The highest BCUT2D eigenvalue weighted by atomic mass is 35.5. The molecule has 98 valence electrons. The van der Waals surface area contributed by atoms with Gasteiger partial charge in [-0.2, -0.15) is 0 Å². The van der Waals surface area contributed by atoms with Crippen LogP contribution < -0.4 is 10.6 Å². The third kappa shape index (κ3) is 3.28. The molecular weight excluding hydrogens is 275 g/mol. The lowest BCUT2D eigenvalue weighted by atomic mass is 10.2. The van der Waals surface area contributed by atoms with Crippen molar-refractivity contribution < 1.29 is 9.90 Å². The fourth-order valence-electron chi connectivity index (χ4n) is 2.02. The molecule has 0 aliphatic heterocycles. The van der Waals surface area contributed by atoms with Gasteiger partial charge in [-0.1, -0.05) is 23.2 Å². The van der Waals surface area contributed by atoms with E-state index < -0.39 is 6.10 Å². The molecule has 0 bridgehead atoms. The van der Waals surface area contributed by atoms with Crippen molar-refractivity contribution in [2.75, 3.05) is 5.32 Å². The second-order valence-electron chi connectivity index (χ2n) is 4.33. The Bertz CT molecular complexity index is 454. The molecule has 6 heteroatoms. The number of urea groups is 1.